The summed E-state index contributed by atoms with van der Waals surface area (Å²) in [6.07, 6.45) is 6.44. The molecule has 19 heavy (non-hydrogen) atoms. The van der Waals surface area contributed by atoms with Crippen LogP contribution in [0.1, 0.15) is 58.8 Å². The fourth-order valence-electron chi connectivity index (χ4n) is 2.48. The molecule has 0 spiro atoms. The van der Waals surface area contributed by atoms with Gasteiger partial charge in [0.15, 0.2) is 0 Å². The van der Waals surface area contributed by atoms with E-state index in [4.69, 9.17) is 0 Å². The van der Waals surface area contributed by atoms with E-state index in [1.165, 1.54) is 4.90 Å². The van der Waals surface area contributed by atoms with Crippen molar-refractivity contribution in [2.75, 3.05) is 6.54 Å². The molecule has 2 unspecified atom stereocenters. The van der Waals surface area contributed by atoms with E-state index in [2.05, 4.69) is 12.2 Å². The third-order valence-corrected chi connectivity index (χ3v) is 3.66. The SMILES string of the molecule is CCCCC(C)NC(=O)N1CCCCCC1C(=O)O. The minimum absolute atomic E-state index is 0.102. The number of hydrogen-bond acceptors (Lipinski definition) is 2. The highest BCUT2D eigenvalue weighted by atomic mass is 16.4. The maximum Gasteiger partial charge on any atom is 0.326 e. The molecule has 5 heteroatoms. The highest BCUT2D eigenvalue weighted by molar-refractivity contribution is 5.82. The van der Waals surface area contributed by atoms with Gasteiger partial charge in [0.25, 0.3) is 0 Å². The molecule has 1 aliphatic heterocycles. The Morgan fingerprint density at radius 2 is 2.11 bits per heavy atom. The van der Waals surface area contributed by atoms with E-state index in [1.807, 2.05) is 6.92 Å². The first kappa shape index (κ1) is 15.8. The Morgan fingerprint density at radius 1 is 1.37 bits per heavy atom. The monoisotopic (exact) mass is 270 g/mol. The maximum absolute atomic E-state index is 12.2. The molecule has 0 aliphatic carbocycles. The second kappa shape index (κ2) is 8.02. The number of nitrogens with one attached hydrogen (secondary N) is 1. The molecule has 1 aliphatic rings. The second-order valence-electron chi connectivity index (χ2n) is 5.39. The van der Waals surface area contributed by atoms with Crippen molar-refractivity contribution in [1.29, 1.82) is 0 Å². The summed E-state index contributed by atoms with van der Waals surface area (Å²) < 4.78 is 0. The molecule has 1 saturated heterocycles. The Labute approximate surface area is 115 Å². The molecular formula is C14H26N2O3. The van der Waals surface area contributed by atoms with Crippen LogP contribution in [0.5, 0.6) is 0 Å². The summed E-state index contributed by atoms with van der Waals surface area (Å²) in [7, 11) is 0. The molecule has 0 aromatic carbocycles. The molecule has 0 bridgehead atoms. The number of carbonyl (C=O) groups excluding carboxylic acids is 1. The number of aliphatic carboxylic acids is 1. The average Bonchev–Trinajstić information content (AvgIpc) is 2.61. The van der Waals surface area contributed by atoms with Crippen LogP contribution in [0, 0.1) is 0 Å². The number of nitrogens with zero attached hydrogens (tertiary/aromatic N) is 1. The first-order valence-corrected chi connectivity index (χ1v) is 7.36. The van der Waals surface area contributed by atoms with Gasteiger partial charge in [-0.25, -0.2) is 9.59 Å². The molecule has 0 radical (unpaired) electrons. The van der Waals surface area contributed by atoms with Gasteiger partial charge in [-0.15, -0.1) is 0 Å². The Bertz CT molecular complexity index is 307. The molecular weight excluding hydrogens is 244 g/mol. The second-order valence-corrected chi connectivity index (χ2v) is 5.39. The Morgan fingerprint density at radius 3 is 2.74 bits per heavy atom. The van der Waals surface area contributed by atoms with Crippen molar-refractivity contribution in [2.24, 2.45) is 0 Å². The number of rotatable bonds is 5. The van der Waals surface area contributed by atoms with E-state index in [0.717, 1.165) is 38.5 Å². The van der Waals surface area contributed by atoms with Crippen LogP contribution in [0.4, 0.5) is 4.79 Å². The van der Waals surface area contributed by atoms with Crippen LogP contribution in [0.25, 0.3) is 0 Å². The summed E-state index contributed by atoms with van der Waals surface area (Å²) in [6.45, 7) is 4.63. The zero-order valence-electron chi connectivity index (χ0n) is 12.0. The van der Waals surface area contributed by atoms with Crippen molar-refractivity contribution in [3.8, 4) is 0 Å². The van der Waals surface area contributed by atoms with Crippen LogP contribution < -0.4 is 5.32 Å². The van der Waals surface area contributed by atoms with Crippen LogP contribution in [-0.2, 0) is 4.79 Å². The quantitative estimate of drug-likeness (QED) is 0.806. The predicted octanol–water partition coefficient (Wildman–Crippen LogP) is 2.60. The lowest BCUT2D eigenvalue weighted by atomic mass is 10.1. The summed E-state index contributed by atoms with van der Waals surface area (Å²) in [5, 5.41) is 12.2. The molecule has 1 heterocycles. The van der Waals surface area contributed by atoms with Crippen molar-refractivity contribution in [2.45, 2.75) is 70.9 Å². The van der Waals surface area contributed by atoms with Crippen LogP contribution in [0.2, 0.25) is 0 Å². The van der Waals surface area contributed by atoms with Gasteiger partial charge in [0.05, 0.1) is 0 Å². The molecule has 1 rings (SSSR count). The van der Waals surface area contributed by atoms with Crippen LogP contribution in [-0.4, -0.2) is 40.6 Å². The summed E-state index contributed by atoms with van der Waals surface area (Å²) in [4.78, 5) is 24.9. The van der Waals surface area contributed by atoms with Crippen molar-refractivity contribution < 1.29 is 14.7 Å². The summed E-state index contributed by atoms with van der Waals surface area (Å²) in [6, 6.07) is -0.788. The van der Waals surface area contributed by atoms with Gasteiger partial charge in [-0.3, -0.25) is 0 Å². The Balaban J connectivity index is 2.57. The number of carboxylic acid groups (broad SMARTS) is 1. The van der Waals surface area contributed by atoms with Crippen molar-refractivity contribution in [3.05, 3.63) is 0 Å². The number of amides is 2. The zero-order valence-corrected chi connectivity index (χ0v) is 12.0. The minimum atomic E-state index is -0.890. The number of unbranched alkanes of at least 4 members (excludes halogenated alkanes) is 1. The summed E-state index contributed by atoms with van der Waals surface area (Å²) in [5.74, 6) is -0.890. The number of carboxylic acids is 1. The average molecular weight is 270 g/mol. The zero-order chi connectivity index (χ0) is 14.3. The number of urea groups is 1. The number of likely N-dealkylation sites (tertiary alicyclic amines) is 1. The van der Waals surface area contributed by atoms with Crippen molar-refractivity contribution >= 4 is 12.0 Å². The van der Waals surface area contributed by atoms with Gasteiger partial charge in [-0.2, -0.15) is 0 Å². The van der Waals surface area contributed by atoms with Gasteiger partial charge in [-0.1, -0.05) is 32.6 Å². The van der Waals surface area contributed by atoms with Gasteiger partial charge in [-0.05, 0) is 26.2 Å². The Kier molecular flexibility index (Phi) is 6.67. The third kappa shape index (κ3) is 5.09. The molecule has 0 aromatic rings. The molecule has 110 valence electrons. The number of hydrogen-bond donors (Lipinski definition) is 2. The molecule has 2 amide bonds. The number of carbonyl (C=O) groups is 2. The Hall–Kier alpha value is -1.26. The van der Waals surface area contributed by atoms with Crippen LogP contribution >= 0.6 is 0 Å². The topological polar surface area (TPSA) is 69.6 Å². The van der Waals surface area contributed by atoms with E-state index in [-0.39, 0.29) is 12.1 Å². The lowest BCUT2D eigenvalue weighted by molar-refractivity contribution is -0.142. The maximum atomic E-state index is 12.2. The van der Waals surface area contributed by atoms with E-state index in [0.29, 0.717) is 13.0 Å². The van der Waals surface area contributed by atoms with Gasteiger partial charge in [0, 0.05) is 12.6 Å². The predicted molar refractivity (Wildman–Crippen MR) is 74.1 cm³/mol. The smallest absolute Gasteiger partial charge is 0.326 e. The normalized spacial score (nSPS) is 21.6. The molecule has 1 fully saturated rings. The molecule has 2 atom stereocenters. The summed E-state index contributed by atoms with van der Waals surface area (Å²) >= 11 is 0. The molecule has 0 aromatic heterocycles. The fourth-order valence-corrected chi connectivity index (χ4v) is 2.48. The molecule has 0 saturated carbocycles. The van der Waals surface area contributed by atoms with Gasteiger partial charge in [0.2, 0.25) is 0 Å². The van der Waals surface area contributed by atoms with E-state index in [1.54, 1.807) is 0 Å². The van der Waals surface area contributed by atoms with E-state index >= 15 is 0 Å². The first-order valence-electron chi connectivity index (χ1n) is 7.36. The van der Waals surface area contributed by atoms with Crippen molar-refractivity contribution in [3.63, 3.8) is 0 Å². The van der Waals surface area contributed by atoms with Crippen LogP contribution in [0.15, 0.2) is 0 Å². The van der Waals surface area contributed by atoms with E-state index in [9.17, 15) is 14.7 Å². The van der Waals surface area contributed by atoms with Gasteiger partial charge < -0.3 is 15.3 Å². The lowest BCUT2D eigenvalue weighted by Crippen LogP contribution is -2.51. The highest BCUT2D eigenvalue weighted by Gasteiger charge is 2.31. The molecule has 2 N–H and O–H groups in total. The minimum Gasteiger partial charge on any atom is -0.480 e. The third-order valence-electron chi connectivity index (χ3n) is 3.66. The standard InChI is InChI=1S/C14H26N2O3/c1-3-4-8-11(2)15-14(19)16-10-7-5-6-9-12(16)13(17)18/h11-12H,3-10H2,1-2H3,(H,15,19)(H,17,18). The first-order chi connectivity index (χ1) is 9.06. The summed E-state index contributed by atoms with van der Waals surface area (Å²) in [5.41, 5.74) is 0. The van der Waals surface area contributed by atoms with Crippen molar-refractivity contribution in [1.82, 2.24) is 10.2 Å². The highest BCUT2D eigenvalue weighted by Crippen LogP contribution is 2.17. The van der Waals surface area contributed by atoms with Gasteiger partial charge >= 0.3 is 12.0 Å². The van der Waals surface area contributed by atoms with Crippen LogP contribution in [0.3, 0.4) is 0 Å². The van der Waals surface area contributed by atoms with E-state index < -0.39 is 12.0 Å². The molecule has 5 nitrogen and oxygen atoms in total. The fraction of sp³-hybridized carbons (Fsp3) is 0.857. The van der Waals surface area contributed by atoms with Gasteiger partial charge in [0.1, 0.15) is 6.04 Å². The lowest BCUT2D eigenvalue weighted by Gasteiger charge is -2.28. The largest absolute Gasteiger partial charge is 0.480 e.